The van der Waals surface area contributed by atoms with Gasteiger partial charge in [-0.3, -0.25) is 4.79 Å². The molecular weight excluding hydrogens is 416 g/mol. The van der Waals surface area contributed by atoms with Gasteiger partial charge in [-0.25, -0.2) is 8.42 Å². The second-order valence-electron chi connectivity index (χ2n) is 7.39. The molecule has 1 aliphatic heterocycles. The molecule has 1 fully saturated rings. The number of hydrogen-bond acceptors (Lipinski definition) is 4. The number of carbonyl (C=O) groups excluding carboxylic acids is 1. The zero-order chi connectivity index (χ0) is 19.7. The summed E-state index contributed by atoms with van der Waals surface area (Å²) in [7, 11) is -3.50. The number of nitrogens with zero attached hydrogens (tertiary/aromatic N) is 1. The zero-order valence-corrected chi connectivity index (χ0v) is 17.9. The summed E-state index contributed by atoms with van der Waals surface area (Å²) in [4.78, 5) is 13.8. The molecule has 1 aromatic carbocycles. The van der Waals surface area contributed by atoms with Crippen LogP contribution in [0.1, 0.15) is 35.3 Å². The van der Waals surface area contributed by atoms with Gasteiger partial charge in [0.05, 0.1) is 15.8 Å². The van der Waals surface area contributed by atoms with Crippen molar-refractivity contribution in [2.75, 3.05) is 13.1 Å². The van der Waals surface area contributed by atoms with Crippen LogP contribution >= 0.6 is 22.9 Å². The fraction of sp³-hybridized carbons (Fsp3) is 0.450. The molecule has 28 heavy (non-hydrogen) atoms. The van der Waals surface area contributed by atoms with Crippen LogP contribution in [0.15, 0.2) is 35.2 Å². The first-order valence-electron chi connectivity index (χ1n) is 9.57. The number of halogens is 1. The largest absolute Gasteiger partial charge is 0.351 e. The summed E-state index contributed by atoms with van der Waals surface area (Å²) in [6.45, 7) is 1.22. The standard InChI is InChI=1S/C20H23ClN2O3S2/c21-19-7-5-17(27-19)13-22-20(24)15-8-10-23(11-9-15)28(25,26)18-6-4-14-2-1-3-16(14)12-18/h4-7,12,15H,1-3,8-11,13H2,(H,22,24). The number of aryl methyl sites for hydroxylation is 2. The molecule has 0 spiro atoms. The number of amides is 1. The van der Waals surface area contributed by atoms with E-state index in [0.717, 1.165) is 29.7 Å². The van der Waals surface area contributed by atoms with Crippen molar-refractivity contribution in [3.63, 3.8) is 0 Å². The third-order valence-corrected chi connectivity index (χ3v) is 8.72. The van der Waals surface area contributed by atoms with Crippen molar-refractivity contribution in [1.82, 2.24) is 9.62 Å². The molecule has 1 aromatic heterocycles. The molecule has 1 aliphatic carbocycles. The summed E-state index contributed by atoms with van der Waals surface area (Å²) in [5, 5.41) is 2.94. The summed E-state index contributed by atoms with van der Waals surface area (Å²) in [5.41, 5.74) is 2.42. The van der Waals surface area contributed by atoms with E-state index in [9.17, 15) is 13.2 Å². The lowest BCUT2D eigenvalue weighted by Gasteiger charge is -2.30. The molecule has 150 valence electrons. The maximum atomic E-state index is 13.0. The van der Waals surface area contributed by atoms with Crippen molar-refractivity contribution < 1.29 is 13.2 Å². The van der Waals surface area contributed by atoms with Crippen molar-refractivity contribution in [3.8, 4) is 0 Å². The molecule has 0 saturated carbocycles. The summed E-state index contributed by atoms with van der Waals surface area (Å²) in [5.74, 6) is -0.166. The highest BCUT2D eigenvalue weighted by atomic mass is 35.5. The summed E-state index contributed by atoms with van der Waals surface area (Å²) in [6, 6.07) is 9.23. The predicted octanol–water partition coefficient (Wildman–Crippen LogP) is 3.61. The lowest BCUT2D eigenvalue weighted by molar-refractivity contribution is -0.126. The Morgan fingerprint density at radius 1 is 1.14 bits per heavy atom. The minimum Gasteiger partial charge on any atom is -0.351 e. The van der Waals surface area contributed by atoms with Gasteiger partial charge in [0.2, 0.25) is 15.9 Å². The van der Waals surface area contributed by atoms with Gasteiger partial charge in [-0.2, -0.15) is 4.31 Å². The van der Waals surface area contributed by atoms with Gasteiger partial charge in [0, 0.05) is 23.9 Å². The highest BCUT2D eigenvalue weighted by Gasteiger charge is 2.32. The monoisotopic (exact) mass is 438 g/mol. The van der Waals surface area contributed by atoms with E-state index in [0.29, 0.717) is 41.7 Å². The first-order chi connectivity index (χ1) is 13.4. The third-order valence-electron chi connectivity index (χ3n) is 5.60. The van der Waals surface area contributed by atoms with Crippen LogP contribution in [0.2, 0.25) is 4.34 Å². The molecule has 1 N–H and O–H groups in total. The number of sulfonamides is 1. The van der Waals surface area contributed by atoms with Gasteiger partial charge in [0.1, 0.15) is 0 Å². The third kappa shape index (κ3) is 4.13. The van der Waals surface area contributed by atoms with Gasteiger partial charge in [0.25, 0.3) is 0 Å². The van der Waals surface area contributed by atoms with E-state index < -0.39 is 10.0 Å². The summed E-state index contributed by atoms with van der Waals surface area (Å²) < 4.78 is 28.2. The van der Waals surface area contributed by atoms with Crippen molar-refractivity contribution in [3.05, 3.63) is 50.7 Å². The molecule has 0 bridgehead atoms. The van der Waals surface area contributed by atoms with Crippen LogP contribution in [0, 0.1) is 5.92 Å². The second kappa shape index (κ2) is 8.14. The van der Waals surface area contributed by atoms with Crippen LogP contribution in [-0.2, 0) is 34.2 Å². The predicted molar refractivity (Wildman–Crippen MR) is 111 cm³/mol. The van der Waals surface area contributed by atoms with E-state index in [1.807, 2.05) is 24.3 Å². The number of fused-ring (bicyclic) bond motifs is 1. The molecule has 2 aliphatic rings. The Morgan fingerprint density at radius 2 is 1.89 bits per heavy atom. The molecule has 1 saturated heterocycles. The molecule has 2 heterocycles. The van der Waals surface area contributed by atoms with Crippen LogP contribution in [0.25, 0.3) is 0 Å². The lowest BCUT2D eigenvalue weighted by Crippen LogP contribution is -2.42. The van der Waals surface area contributed by atoms with E-state index in [2.05, 4.69) is 5.32 Å². The quantitative estimate of drug-likeness (QED) is 0.775. The highest BCUT2D eigenvalue weighted by Crippen LogP contribution is 2.29. The molecule has 1 amide bonds. The summed E-state index contributed by atoms with van der Waals surface area (Å²) >= 11 is 7.36. The van der Waals surface area contributed by atoms with E-state index in [-0.39, 0.29) is 11.8 Å². The number of benzene rings is 1. The zero-order valence-electron chi connectivity index (χ0n) is 15.5. The molecule has 0 radical (unpaired) electrons. The van der Waals surface area contributed by atoms with Gasteiger partial charge in [-0.1, -0.05) is 17.7 Å². The Hall–Kier alpha value is -1.41. The van der Waals surface area contributed by atoms with Crippen LogP contribution < -0.4 is 5.32 Å². The molecule has 0 unspecified atom stereocenters. The number of thiophene rings is 1. The molecule has 8 heteroatoms. The molecule has 2 aromatic rings. The van der Waals surface area contributed by atoms with Crippen LogP contribution in [0.5, 0.6) is 0 Å². The Bertz CT molecular complexity index is 979. The molecule has 0 atom stereocenters. The number of nitrogens with one attached hydrogen (secondary N) is 1. The van der Waals surface area contributed by atoms with Crippen molar-refractivity contribution in [1.29, 1.82) is 0 Å². The van der Waals surface area contributed by atoms with Crippen LogP contribution in [-0.4, -0.2) is 31.7 Å². The van der Waals surface area contributed by atoms with E-state index in [4.69, 9.17) is 11.6 Å². The average molecular weight is 439 g/mol. The maximum Gasteiger partial charge on any atom is 0.243 e. The normalized spacial score (nSPS) is 18.2. The summed E-state index contributed by atoms with van der Waals surface area (Å²) in [6.07, 6.45) is 4.17. The van der Waals surface area contributed by atoms with E-state index >= 15 is 0 Å². The van der Waals surface area contributed by atoms with Gasteiger partial charge in [-0.05, 0) is 67.5 Å². The Kier molecular flexibility index (Phi) is 5.78. The van der Waals surface area contributed by atoms with Crippen molar-refractivity contribution in [2.45, 2.75) is 43.5 Å². The van der Waals surface area contributed by atoms with Gasteiger partial charge in [-0.15, -0.1) is 11.3 Å². The molecule has 5 nitrogen and oxygen atoms in total. The first kappa shape index (κ1) is 19.9. The van der Waals surface area contributed by atoms with Crippen molar-refractivity contribution >= 4 is 38.9 Å². The molecular formula is C20H23ClN2O3S2. The average Bonchev–Trinajstić information content (AvgIpc) is 3.34. The van der Waals surface area contributed by atoms with Gasteiger partial charge < -0.3 is 5.32 Å². The first-order valence-corrected chi connectivity index (χ1v) is 12.2. The highest BCUT2D eigenvalue weighted by molar-refractivity contribution is 7.89. The number of rotatable bonds is 5. The SMILES string of the molecule is O=C(NCc1ccc(Cl)s1)C1CCN(S(=O)(=O)c2ccc3c(c2)CCC3)CC1. The van der Waals surface area contributed by atoms with E-state index in [1.165, 1.54) is 21.2 Å². The fourth-order valence-electron chi connectivity index (χ4n) is 3.98. The fourth-order valence-corrected chi connectivity index (χ4v) is 6.53. The van der Waals surface area contributed by atoms with Gasteiger partial charge in [0.15, 0.2) is 0 Å². The van der Waals surface area contributed by atoms with Crippen LogP contribution in [0.3, 0.4) is 0 Å². The van der Waals surface area contributed by atoms with E-state index in [1.54, 1.807) is 6.07 Å². The van der Waals surface area contributed by atoms with Gasteiger partial charge >= 0.3 is 0 Å². The van der Waals surface area contributed by atoms with Crippen molar-refractivity contribution in [2.24, 2.45) is 5.92 Å². The maximum absolute atomic E-state index is 13.0. The minimum atomic E-state index is -3.50. The number of piperidine rings is 1. The second-order valence-corrected chi connectivity index (χ2v) is 11.1. The Morgan fingerprint density at radius 3 is 2.61 bits per heavy atom. The topological polar surface area (TPSA) is 66.5 Å². The number of carbonyl (C=O) groups is 1. The smallest absolute Gasteiger partial charge is 0.243 e. The Labute approximate surface area is 174 Å². The minimum absolute atomic E-state index is 0.0147. The van der Waals surface area contributed by atoms with Crippen LogP contribution in [0.4, 0.5) is 0 Å². The lowest BCUT2D eigenvalue weighted by atomic mass is 9.97. The Balaban J connectivity index is 1.34. The molecule has 4 rings (SSSR count). The number of hydrogen-bond donors (Lipinski definition) is 1.